The van der Waals surface area contributed by atoms with Crippen LogP contribution in [-0.4, -0.2) is 25.7 Å². The third-order valence-electron chi connectivity index (χ3n) is 2.75. The Hall–Kier alpha value is -2.31. The van der Waals surface area contributed by atoms with Crippen molar-refractivity contribution in [1.29, 1.82) is 0 Å². The maximum atomic E-state index is 12.1. The normalized spacial score (nSPS) is 12.3. The summed E-state index contributed by atoms with van der Waals surface area (Å²) in [5.41, 5.74) is 6.44. The van der Waals surface area contributed by atoms with Crippen molar-refractivity contribution in [3.8, 4) is 0 Å². The molecule has 0 spiro atoms. The molecule has 2 aromatic heterocycles. The second kappa shape index (κ2) is 4.91. The Labute approximate surface area is 104 Å². The minimum absolute atomic E-state index is 0.165. The number of aryl methyl sites for hydroxylation is 1. The van der Waals surface area contributed by atoms with Crippen molar-refractivity contribution in [3.63, 3.8) is 0 Å². The highest BCUT2D eigenvalue weighted by molar-refractivity contribution is 5.97. The maximum absolute atomic E-state index is 12.1. The number of anilines is 1. The van der Waals surface area contributed by atoms with Crippen molar-refractivity contribution in [2.75, 3.05) is 5.73 Å². The Morgan fingerprint density at radius 2 is 2.44 bits per heavy atom. The number of carbonyl (C=O) groups is 1. The van der Waals surface area contributed by atoms with Crippen LogP contribution in [0.3, 0.4) is 0 Å². The number of aromatic nitrogens is 4. The Bertz CT molecular complexity index is 510. The van der Waals surface area contributed by atoms with E-state index in [2.05, 4.69) is 20.4 Å². The topological polar surface area (TPSA) is 102 Å². The predicted octanol–water partition coefficient (Wildman–Crippen LogP) is 0.606. The number of imidazole rings is 1. The summed E-state index contributed by atoms with van der Waals surface area (Å²) in [6.07, 6.45) is 5.57. The predicted molar refractivity (Wildman–Crippen MR) is 66.7 cm³/mol. The van der Waals surface area contributed by atoms with E-state index in [1.54, 1.807) is 19.4 Å². The molecule has 1 amide bonds. The van der Waals surface area contributed by atoms with E-state index in [0.717, 1.165) is 12.2 Å². The van der Waals surface area contributed by atoms with Crippen molar-refractivity contribution >= 4 is 11.6 Å². The molecule has 0 bridgehead atoms. The highest BCUT2D eigenvalue weighted by Crippen LogP contribution is 2.15. The molecule has 1 unspecified atom stereocenters. The van der Waals surface area contributed by atoms with E-state index < -0.39 is 0 Å². The maximum Gasteiger partial charge on any atom is 0.272 e. The lowest BCUT2D eigenvalue weighted by atomic mass is 10.2. The van der Waals surface area contributed by atoms with E-state index >= 15 is 0 Å². The van der Waals surface area contributed by atoms with Gasteiger partial charge in [0, 0.05) is 19.4 Å². The van der Waals surface area contributed by atoms with E-state index in [4.69, 9.17) is 5.73 Å². The van der Waals surface area contributed by atoms with Crippen LogP contribution in [-0.2, 0) is 7.05 Å². The standard InChI is InChI=1S/C11H16N6O/c1-3-8(10-13-4-5-14-10)16-11(18)9-7(12)6-15-17(9)2/h4-6,8H,3,12H2,1-2H3,(H,13,14)(H,16,18). The van der Waals surface area contributed by atoms with Gasteiger partial charge in [0.1, 0.15) is 11.5 Å². The molecule has 0 aromatic carbocycles. The van der Waals surface area contributed by atoms with E-state index in [9.17, 15) is 4.79 Å². The Balaban J connectivity index is 2.16. The fourth-order valence-electron chi connectivity index (χ4n) is 1.79. The molecule has 7 nitrogen and oxygen atoms in total. The fraction of sp³-hybridized carbons (Fsp3) is 0.364. The molecule has 0 saturated carbocycles. The summed E-state index contributed by atoms with van der Waals surface area (Å²) < 4.78 is 1.46. The minimum Gasteiger partial charge on any atom is -0.396 e. The molecule has 7 heteroatoms. The van der Waals surface area contributed by atoms with Crippen LogP contribution in [0.2, 0.25) is 0 Å². The molecular formula is C11H16N6O. The lowest BCUT2D eigenvalue weighted by molar-refractivity contribution is 0.0925. The first kappa shape index (κ1) is 12.2. The minimum atomic E-state index is -0.254. The number of nitrogens with zero attached hydrogens (tertiary/aromatic N) is 3. The first-order valence-electron chi connectivity index (χ1n) is 5.71. The molecule has 96 valence electrons. The molecule has 2 aromatic rings. The largest absolute Gasteiger partial charge is 0.396 e. The summed E-state index contributed by atoms with van der Waals surface area (Å²) in [7, 11) is 1.68. The van der Waals surface area contributed by atoms with Crippen molar-refractivity contribution in [2.45, 2.75) is 19.4 Å². The molecule has 0 aliphatic heterocycles. The summed E-state index contributed by atoms with van der Waals surface area (Å²) in [6.45, 7) is 1.97. The highest BCUT2D eigenvalue weighted by atomic mass is 16.2. The zero-order chi connectivity index (χ0) is 13.1. The van der Waals surface area contributed by atoms with E-state index in [-0.39, 0.29) is 11.9 Å². The summed E-state index contributed by atoms with van der Waals surface area (Å²) in [5, 5.41) is 6.82. The van der Waals surface area contributed by atoms with Gasteiger partial charge in [0.2, 0.25) is 0 Å². The molecular weight excluding hydrogens is 232 g/mol. The molecule has 0 saturated heterocycles. The number of amides is 1. The number of nitrogens with one attached hydrogen (secondary N) is 2. The van der Waals surface area contributed by atoms with Crippen LogP contribution in [0, 0.1) is 0 Å². The summed E-state index contributed by atoms with van der Waals surface area (Å²) in [6, 6.07) is -0.165. The molecule has 2 heterocycles. The summed E-state index contributed by atoms with van der Waals surface area (Å²) >= 11 is 0. The van der Waals surface area contributed by atoms with E-state index in [0.29, 0.717) is 11.4 Å². The van der Waals surface area contributed by atoms with Crippen LogP contribution >= 0.6 is 0 Å². The average Bonchev–Trinajstić information content (AvgIpc) is 2.96. The number of rotatable bonds is 4. The van der Waals surface area contributed by atoms with Crippen LogP contribution in [0.1, 0.15) is 35.7 Å². The molecule has 0 fully saturated rings. The van der Waals surface area contributed by atoms with Crippen LogP contribution in [0.25, 0.3) is 0 Å². The van der Waals surface area contributed by atoms with Crippen molar-refractivity contribution in [2.24, 2.45) is 7.05 Å². The van der Waals surface area contributed by atoms with E-state index in [1.807, 2.05) is 6.92 Å². The lowest BCUT2D eigenvalue weighted by Crippen LogP contribution is -2.31. The molecule has 4 N–H and O–H groups in total. The van der Waals surface area contributed by atoms with Gasteiger partial charge < -0.3 is 16.0 Å². The van der Waals surface area contributed by atoms with Gasteiger partial charge in [0.05, 0.1) is 17.9 Å². The molecule has 0 aliphatic carbocycles. The summed E-state index contributed by atoms with van der Waals surface area (Å²) in [5.74, 6) is 0.474. The molecule has 2 rings (SSSR count). The Morgan fingerprint density at radius 3 is 2.94 bits per heavy atom. The third-order valence-corrected chi connectivity index (χ3v) is 2.75. The first-order chi connectivity index (χ1) is 8.63. The highest BCUT2D eigenvalue weighted by Gasteiger charge is 2.20. The van der Waals surface area contributed by atoms with Gasteiger partial charge in [0.15, 0.2) is 0 Å². The van der Waals surface area contributed by atoms with Crippen LogP contribution in [0.5, 0.6) is 0 Å². The van der Waals surface area contributed by atoms with Gasteiger partial charge in [-0.15, -0.1) is 0 Å². The third kappa shape index (κ3) is 2.20. The number of nitrogen functional groups attached to an aromatic ring is 1. The number of hydrogen-bond acceptors (Lipinski definition) is 4. The van der Waals surface area contributed by atoms with E-state index in [1.165, 1.54) is 10.9 Å². The van der Waals surface area contributed by atoms with Crippen LogP contribution < -0.4 is 11.1 Å². The van der Waals surface area contributed by atoms with Gasteiger partial charge >= 0.3 is 0 Å². The van der Waals surface area contributed by atoms with Gasteiger partial charge in [0.25, 0.3) is 5.91 Å². The molecule has 1 atom stereocenters. The SMILES string of the molecule is CCC(NC(=O)c1c(N)cnn1C)c1ncc[nH]1. The van der Waals surface area contributed by atoms with Gasteiger partial charge in [-0.1, -0.05) is 6.92 Å². The quantitative estimate of drug-likeness (QED) is 0.737. The molecule has 0 radical (unpaired) electrons. The van der Waals surface area contributed by atoms with Crippen molar-refractivity contribution in [1.82, 2.24) is 25.1 Å². The Morgan fingerprint density at radius 1 is 1.67 bits per heavy atom. The number of hydrogen-bond donors (Lipinski definition) is 3. The molecule has 0 aliphatic rings. The average molecular weight is 248 g/mol. The number of nitrogens with two attached hydrogens (primary N) is 1. The number of carbonyl (C=O) groups excluding carboxylic acids is 1. The molecule has 18 heavy (non-hydrogen) atoms. The summed E-state index contributed by atoms with van der Waals surface area (Å²) in [4.78, 5) is 19.2. The Kier molecular flexibility index (Phi) is 3.31. The van der Waals surface area contributed by atoms with Gasteiger partial charge in [-0.2, -0.15) is 5.10 Å². The zero-order valence-corrected chi connectivity index (χ0v) is 10.3. The first-order valence-corrected chi connectivity index (χ1v) is 5.71. The number of aromatic amines is 1. The zero-order valence-electron chi connectivity index (χ0n) is 10.3. The number of H-pyrrole nitrogens is 1. The second-order valence-corrected chi connectivity index (χ2v) is 3.98. The fourth-order valence-corrected chi connectivity index (χ4v) is 1.79. The van der Waals surface area contributed by atoms with Crippen LogP contribution in [0.15, 0.2) is 18.6 Å². The second-order valence-electron chi connectivity index (χ2n) is 3.98. The van der Waals surface area contributed by atoms with Gasteiger partial charge in [-0.05, 0) is 6.42 Å². The van der Waals surface area contributed by atoms with Gasteiger partial charge in [-0.3, -0.25) is 9.48 Å². The van der Waals surface area contributed by atoms with Gasteiger partial charge in [-0.25, -0.2) is 4.98 Å². The lowest BCUT2D eigenvalue weighted by Gasteiger charge is -2.14. The van der Waals surface area contributed by atoms with Crippen molar-refractivity contribution < 1.29 is 4.79 Å². The smallest absolute Gasteiger partial charge is 0.272 e. The van der Waals surface area contributed by atoms with Crippen LogP contribution in [0.4, 0.5) is 5.69 Å². The monoisotopic (exact) mass is 248 g/mol. The van der Waals surface area contributed by atoms with Crippen molar-refractivity contribution in [3.05, 3.63) is 30.1 Å².